The summed E-state index contributed by atoms with van der Waals surface area (Å²) in [6.07, 6.45) is 0. The Balaban J connectivity index is 2.04. The summed E-state index contributed by atoms with van der Waals surface area (Å²) in [6.45, 7) is 8.53. The van der Waals surface area contributed by atoms with Gasteiger partial charge in [-0.3, -0.25) is 4.79 Å². The Hall–Kier alpha value is -1.79. The standard InChI is InChI=1S/C17H21NO2/c1-16(2)15(17(16,3)4)18-14(20)13-9-7-12(8-10-13)6-5-11-19/h7-10,15,19H,11H2,1-4H3,(H,18,20). The lowest BCUT2D eigenvalue weighted by Crippen LogP contribution is -2.29. The van der Waals surface area contributed by atoms with Crippen LogP contribution in [-0.4, -0.2) is 23.7 Å². The number of nitrogens with one attached hydrogen (secondary N) is 1. The van der Waals surface area contributed by atoms with Gasteiger partial charge in [-0.25, -0.2) is 0 Å². The molecule has 20 heavy (non-hydrogen) atoms. The van der Waals surface area contributed by atoms with Crippen molar-refractivity contribution in [3.05, 3.63) is 35.4 Å². The highest BCUT2D eigenvalue weighted by Crippen LogP contribution is 2.62. The van der Waals surface area contributed by atoms with E-state index in [0.717, 1.165) is 5.56 Å². The van der Waals surface area contributed by atoms with E-state index in [1.165, 1.54) is 0 Å². The second-order valence-corrected chi connectivity index (χ2v) is 6.39. The average molecular weight is 271 g/mol. The molecule has 106 valence electrons. The highest BCUT2D eigenvalue weighted by Gasteiger charge is 2.65. The molecule has 0 aromatic heterocycles. The van der Waals surface area contributed by atoms with Crippen LogP contribution in [-0.2, 0) is 0 Å². The zero-order valence-corrected chi connectivity index (χ0v) is 12.4. The summed E-state index contributed by atoms with van der Waals surface area (Å²) in [6, 6.07) is 7.32. The van der Waals surface area contributed by atoms with Gasteiger partial charge in [0.05, 0.1) is 0 Å². The molecule has 2 N–H and O–H groups in total. The molecule has 0 atom stereocenters. The molecule has 0 heterocycles. The van der Waals surface area contributed by atoms with Crippen LogP contribution in [0.3, 0.4) is 0 Å². The van der Waals surface area contributed by atoms with Crippen molar-refractivity contribution < 1.29 is 9.90 Å². The van der Waals surface area contributed by atoms with E-state index < -0.39 is 0 Å². The first-order valence-electron chi connectivity index (χ1n) is 6.81. The van der Waals surface area contributed by atoms with Gasteiger partial charge < -0.3 is 10.4 Å². The third-order valence-corrected chi connectivity index (χ3v) is 4.76. The number of carbonyl (C=O) groups excluding carboxylic acids is 1. The molecule has 1 aromatic carbocycles. The minimum Gasteiger partial charge on any atom is -0.384 e. The number of hydrogen-bond donors (Lipinski definition) is 2. The number of benzene rings is 1. The second-order valence-electron chi connectivity index (χ2n) is 6.39. The first kappa shape index (κ1) is 14.6. The Bertz CT molecular complexity index is 559. The Morgan fingerprint density at radius 1 is 1.20 bits per heavy atom. The molecule has 0 saturated heterocycles. The first-order valence-corrected chi connectivity index (χ1v) is 6.81. The van der Waals surface area contributed by atoms with Gasteiger partial charge in [0.15, 0.2) is 0 Å². The third-order valence-electron chi connectivity index (χ3n) is 4.76. The van der Waals surface area contributed by atoms with Crippen LogP contribution in [0.5, 0.6) is 0 Å². The Morgan fingerprint density at radius 3 is 2.20 bits per heavy atom. The Morgan fingerprint density at radius 2 is 1.75 bits per heavy atom. The van der Waals surface area contributed by atoms with Crippen molar-refractivity contribution >= 4 is 5.91 Å². The smallest absolute Gasteiger partial charge is 0.251 e. The maximum Gasteiger partial charge on any atom is 0.251 e. The predicted octanol–water partition coefficient (Wildman–Crippen LogP) is 2.19. The molecule has 0 unspecified atom stereocenters. The van der Waals surface area contributed by atoms with Gasteiger partial charge in [0.1, 0.15) is 6.61 Å². The van der Waals surface area contributed by atoms with Crippen LogP contribution in [0, 0.1) is 22.7 Å². The summed E-state index contributed by atoms with van der Waals surface area (Å²) in [5, 5.41) is 11.7. The molecule has 3 nitrogen and oxygen atoms in total. The molecule has 1 aliphatic carbocycles. The summed E-state index contributed by atoms with van der Waals surface area (Å²) in [5.41, 5.74) is 1.70. The zero-order chi connectivity index (χ0) is 15.0. The molecule has 0 spiro atoms. The molecule has 0 aliphatic heterocycles. The van der Waals surface area contributed by atoms with Gasteiger partial charge in [0.2, 0.25) is 0 Å². The first-order chi connectivity index (χ1) is 9.30. The number of aliphatic hydroxyl groups excluding tert-OH is 1. The van der Waals surface area contributed by atoms with Gasteiger partial charge >= 0.3 is 0 Å². The van der Waals surface area contributed by atoms with Gasteiger partial charge in [0, 0.05) is 17.2 Å². The highest BCUT2D eigenvalue weighted by molar-refractivity contribution is 5.94. The van der Waals surface area contributed by atoms with Gasteiger partial charge in [-0.2, -0.15) is 0 Å². The lowest BCUT2D eigenvalue weighted by molar-refractivity contribution is 0.0943. The van der Waals surface area contributed by atoms with E-state index in [1.54, 1.807) is 24.3 Å². The number of carbonyl (C=O) groups is 1. The van der Waals surface area contributed by atoms with E-state index in [0.29, 0.717) is 5.56 Å². The largest absolute Gasteiger partial charge is 0.384 e. The van der Waals surface area contributed by atoms with Crippen LogP contribution in [0.25, 0.3) is 0 Å². The van der Waals surface area contributed by atoms with Crippen molar-refractivity contribution in [3.8, 4) is 11.8 Å². The average Bonchev–Trinajstić information content (AvgIpc) is 2.79. The maximum atomic E-state index is 12.2. The van der Waals surface area contributed by atoms with Crippen molar-refractivity contribution in [1.82, 2.24) is 5.32 Å². The third kappa shape index (κ3) is 2.44. The lowest BCUT2D eigenvalue weighted by atomic mass is 10.0. The van der Waals surface area contributed by atoms with Gasteiger partial charge in [-0.15, -0.1) is 0 Å². The van der Waals surface area contributed by atoms with Gasteiger partial charge in [-0.1, -0.05) is 39.5 Å². The van der Waals surface area contributed by atoms with Crippen molar-refractivity contribution in [2.45, 2.75) is 33.7 Å². The molecule has 1 aromatic rings. The normalized spacial score (nSPS) is 18.9. The summed E-state index contributed by atoms with van der Waals surface area (Å²) in [4.78, 5) is 12.2. The van der Waals surface area contributed by atoms with Crippen LogP contribution in [0.4, 0.5) is 0 Å². The molecule has 1 aliphatic rings. The van der Waals surface area contributed by atoms with Gasteiger partial charge in [0.25, 0.3) is 5.91 Å². The molecule has 1 fully saturated rings. The van der Waals surface area contributed by atoms with E-state index >= 15 is 0 Å². The number of aliphatic hydroxyl groups is 1. The topological polar surface area (TPSA) is 49.3 Å². The SMILES string of the molecule is CC1(C)C(NC(=O)c2ccc(C#CCO)cc2)C1(C)C. The minimum absolute atomic E-state index is 0.0460. The van der Waals surface area contributed by atoms with E-state index in [9.17, 15) is 4.79 Å². The van der Waals surface area contributed by atoms with Crippen molar-refractivity contribution in [3.63, 3.8) is 0 Å². The van der Waals surface area contributed by atoms with Crippen LogP contribution >= 0.6 is 0 Å². The van der Waals surface area contributed by atoms with E-state index in [-0.39, 0.29) is 29.4 Å². The van der Waals surface area contributed by atoms with Crippen molar-refractivity contribution in [2.24, 2.45) is 10.8 Å². The van der Waals surface area contributed by atoms with Crippen LogP contribution in [0.1, 0.15) is 43.6 Å². The number of hydrogen-bond acceptors (Lipinski definition) is 2. The number of amides is 1. The molecule has 3 heteroatoms. The molecule has 2 rings (SSSR count). The summed E-state index contributed by atoms with van der Waals surface area (Å²) in [7, 11) is 0. The maximum absolute atomic E-state index is 12.2. The minimum atomic E-state index is -0.159. The number of rotatable bonds is 2. The Labute approximate surface area is 120 Å². The van der Waals surface area contributed by atoms with Crippen molar-refractivity contribution in [2.75, 3.05) is 6.61 Å². The summed E-state index contributed by atoms with van der Waals surface area (Å²) >= 11 is 0. The fourth-order valence-electron chi connectivity index (χ4n) is 2.62. The molecular formula is C17H21NO2. The van der Waals surface area contributed by atoms with E-state index in [4.69, 9.17) is 5.11 Å². The lowest BCUT2D eigenvalue weighted by Gasteiger charge is -2.07. The molecular weight excluding hydrogens is 250 g/mol. The quantitative estimate of drug-likeness (QED) is 0.810. The second kappa shape index (κ2) is 4.96. The van der Waals surface area contributed by atoms with E-state index in [2.05, 4.69) is 44.9 Å². The zero-order valence-electron chi connectivity index (χ0n) is 12.4. The monoisotopic (exact) mass is 271 g/mol. The van der Waals surface area contributed by atoms with Crippen LogP contribution < -0.4 is 5.32 Å². The Kier molecular flexibility index (Phi) is 3.62. The van der Waals surface area contributed by atoms with Crippen LogP contribution in [0.15, 0.2) is 24.3 Å². The van der Waals surface area contributed by atoms with Crippen LogP contribution in [0.2, 0.25) is 0 Å². The van der Waals surface area contributed by atoms with Crippen molar-refractivity contribution in [1.29, 1.82) is 0 Å². The fraction of sp³-hybridized carbons (Fsp3) is 0.471. The highest BCUT2D eigenvalue weighted by atomic mass is 16.2. The molecule has 0 radical (unpaired) electrons. The molecule has 1 saturated carbocycles. The summed E-state index contributed by atoms with van der Waals surface area (Å²) < 4.78 is 0. The molecule has 0 bridgehead atoms. The summed E-state index contributed by atoms with van der Waals surface area (Å²) in [5.74, 6) is 5.34. The van der Waals surface area contributed by atoms with Gasteiger partial charge in [-0.05, 0) is 35.1 Å². The molecule has 1 amide bonds. The van der Waals surface area contributed by atoms with E-state index in [1.807, 2.05) is 0 Å². The predicted molar refractivity (Wildman–Crippen MR) is 79.2 cm³/mol. The fourth-order valence-corrected chi connectivity index (χ4v) is 2.62.